The molecule has 1 aliphatic rings. The van der Waals surface area contributed by atoms with Crippen LogP contribution in [0.3, 0.4) is 0 Å². The Hall–Kier alpha value is -3.41. The van der Waals surface area contributed by atoms with Crippen molar-refractivity contribution in [1.82, 2.24) is 5.32 Å². The standard InChI is InChI=1S/C23H19F2NO3/c24-18-7-4-15(5-8-18)10-20(26-23(27)17-2-1-3-19(25)13-17)11-16-6-9-21-22(12-16)29-14-28-21/h1-9,12-13,20H,10-11,14H2,(H,26,27). The molecular formula is C23H19F2NO3. The minimum absolute atomic E-state index is 0.189. The van der Waals surface area contributed by atoms with Gasteiger partial charge in [0.15, 0.2) is 11.5 Å². The average Bonchev–Trinajstić information content (AvgIpc) is 3.17. The molecule has 1 amide bonds. The third-order valence-corrected chi connectivity index (χ3v) is 4.74. The zero-order valence-corrected chi connectivity index (χ0v) is 15.5. The van der Waals surface area contributed by atoms with E-state index in [4.69, 9.17) is 9.47 Å². The molecule has 6 heteroatoms. The van der Waals surface area contributed by atoms with E-state index in [0.717, 1.165) is 11.1 Å². The van der Waals surface area contributed by atoms with Crippen LogP contribution in [0.15, 0.2) is 66.7 Å². The van der Waals surface area contributed by atoms with Crippen molar-refractivity contribution in [2.75, 3.05) is 6.79 Å². The number of hydrogen-bond donors (Lipinski definition) is 1. The number of hydrogen-bond acceptors (Lipinski definition) is 3. The van der Waals surface area contributed by atoms with Crippen molar-refractivity contribution in [2.45, 2.75) is 18.9 Å². The van der Waals surface area contributed by atoms with Crippen molar-refractivity contribution in [1.29, 1.82) is 0 Å². The summed E-state index contributed by atoms with van der Waals surface area (Å²) in [6.07, 6.45) is 1.02. The molecule has 0 spiro atoms. The maximum Gasteiger partial charge on any atom is 0.251 e. The minimum Gasteiger partial charge on any atom is -0.454 e. The first-order valence-electron chi connectivity index (χ1n) is 9.26. The van der Waals surface area contributed by atoms with Gasteiger partial charge in [-0.3, -0.25) is 4.79 Å². The molecule has 0 fully saturated rings. The summed E-state index contributed by atoms with van der Waals surface area (Å²) in [5.74, 6) is 0.206. The zero-order valence-electron chi connectivity index (χ0n) is 15.5. The Labute approximate surface area is 167 Å². The quantitative estimate of drug-likeness (QED) is 0.678. The van der Waals surface area contributed by atoms with Gasteiger partial charge in [0.2, 0.25) is 6.79 Å². The molecule has 0 saturated heterocycles. The van der Waals surface area contributed by atoms with Crippen LogP contribution in [-0.4, -0.2) is 18.7 Å². The fraction of sp³-hybridized carbons (Fsp3) is 0.174. The molecule has 3 aromatic carbocycles. The van der Waals surface area contributed by atoms with Crippen molar-refractivity contribution < 1.29 is 23.0 Å². The van der Waals surface area contributed by atoms with Crippen LogP contribution < -0.4 is 14.8 Å². The van der Waals surface area contributed by atoms with E-state index in [1.807, 2.05) is 18.2 Å². The van der Waals surface area contributed by atoms with Gasteiger partial charge in [0.05, 0.1) is 0 Å². The SMILES string of the molecule is O=C(NC(Cc1ccc(F)cc1)Cc1ccc2c(c1)OCO2)c1cccc(F)c1. The first-order valence-corrected chi connectivity index (χ1v) is 9.26. The molecule has 0 saturated carbocycles. The number of halogens is 2. The highest BCUT2D eigenvalue weighted by atomic mass is 19.1. The number of carbonyl (C=O) groups excluding carboxylic acids is 1. The lowest BCUT2D eigenvalue weighted by Crippen LogP contribution is -2.38. The molecular weight excluding hydrogens is 376 g/mol. The van der Waals surface area contributed by atoms with E-state index in [-0.39, 0.29) is 30.1 Å². The summed E-state index contributed by atoms with van der Waals surface area (Å²) in [6.45, 7) is 0.189. The van der Waals surface area contributed by atoms with Crippen molar-refractivity contribution >= 4 is 5.91 Å². The zero-order chi connectivity index (χ0) is 20.2. The van der Waals surface area contributed by atoms with E-state index in [2.05, 4.69) is 5.32 Å². The summed E-state index contributed by atoms with van der Waals surface area (Å²) in [5, 5.41) is 2.97. The Kier molecular flexibility index (Phi) is 5.42. The Morgan fingerprint density at radius 2 is 1.59 bits per heavy atom. The first kappa shape index (κ1) is 18.9. The van der Waals surface area contributed by atoms with Crippen molar-refractivity contribution in [2.24, 2.45) is 0 Å². The summed E-state index contributed by atoms with van der Waals surface area (Å²) >= 11 is 0. The molecule has 1 aliphatic heterocycles. The summed E-state index contributed by atoms with van der Waals surface area (Å²) in [5.41, 5.74) is 2.09. The van der Waals surface area contributed by atoms with Crippen LogP contribution >= 0.6 is 0 Å². The van der Waals surface area contributed by atoms with E-state index < -0.39 is 5.82 Å². The molecule has 1 atom stereocenters. The second-order valence-electron chi connectivity index (χ2n) is 6.90. The lowest BCUT2D eigenvalue weighted by Gasteiger charge is -2.20. The van der Waals surface area contributed by atoms with Crippen LogP contribution in [0.2, 0.25) is 0 Å². The van der Waals surface area contributed by atoms with Gasteiger partial charge < -0.3 is 14.8 Å². The fourth-order valence-corrected chi connectivity index (χ4v) is 3.33. The molecule has 148 valence electrons. The maximum absolute atomic E-state index is 13.5. The van der Waals surface area contributed by atoms with Gasteiger partial charge in [-0.05, 0) is 66.4 Å². The van der Waals surface area contributed by atoms with E-state index in [1.165, 1.54) is 30.3 Å². The van der Waals surface area contributed by atoms with Crippen LogP contribution in [0.25, 0.3) is 0 Å². The molecule has 1 heterocycles. The van der Waals surface area contributed by atoms with E-state index >= 15 is 0 Å². The Morgan fingerprint density at radius 3 is 2.38 bits per heavy atom. The highest BCUT2D eigenvalue weighted by molar-refractivity contribution is 5.94. The van der Waals surface area contributed by atoms with Gasteiger partial charge in [-0.15, -0.1) is 0 Å². The predicted octanol–water partition coefficient (Wildman–Crippen LogP) is 4.28. The number of ether oxygens (including phenoxy) is 2. The van der Waals surface area contributed by atoms with Crippen molar-refractivity contribution in [3.05, 3.63) is 95.1 Å². The molecule has 1 unspecified atom stereocenters. The van der Waals surface area contributed by atoms with Gasteiger partial charge in [-0.2, -0.15) is 0 Å². The lowest BCUT2D eigenvalue weighted by molar-refractivity contribution is 0.0936. The highest BCUT2D eigenvalue weighted by Crippen LogP contribution is 2.33. The van der Waals surface area contributed by atoms with E-state index in [9.17, 15) is 13.6 Å². The van der Waals surface area contributed by atoms with Gasteiger partial charge in [-0.1, -0.05) is 24.3 Å². The van der Waals surface area contributed by atoms with Gasteiger partial charge in [0, 0.05) is 11.6 Å². The van der Waals surface area contributed by atoms with Crippen LogP contribution in [-0.2, 0) is 12.8 Å². The number of nitrogens with one attached hydrogen (secondary N) is 1. The van der Waals surface area contributed by atoms with Gasteiger partial charge in [0.25, 0.3) is 5.91 Å². The molecule has 0 aliphatic carbocycles. The fourth-order valence-electron chi connectivity index (χ4n) is 3.33. The van der Waals surface area contributed by atoms with E-state index in [0.29, 0.717) is 24.3 Å². The maximum atomic E-state index is 13.5. The Balaban J connectivity index is 1.54. The van der Waals surface area contributed by atoms with Gasteiger partial charge in [-0.25, -0.2) is 8.78 Å². The summed E-state index contributed by atoms with van der Waals surface area (Å²) < 4.78 is 37.5. The molecule has 3 aromatic rings. The number of amides is 1. The summed E-state index contributed by atoms with van der Waals surface area (Å²) in [4.78, 5) is 12.6. The molecule has 0 aromatic heterocycles. The van der Waals surface area contributed by atoms with Crippen molar-refractivity contribution in [3.63, 3.8) is 0 Å². The molecule has 0 bridgehead atoms. The molecule has 4 rings (SSSR count). The molecule has 0 radical (unpaired) electrons. The van der Waals surface area contributed by atoms with Crippen LogP contribution in [0.1, 0.15) is 21.5 Å². The molecule has 4 nitrogen and oxygen atoms in total. The van der Waals surface area contributed by atoms with Crippen LogP contribution in [0, 0.1) is 11.6 Å². The number of benzene rings is 3. The Morgan fingerprint density at radius 1 is 0.862 bits per heavy atom. The summed E-state index contributed by atoms with van der Waals surface area (Å²) in [6, 6.07) is 17.1. The number of fused-ring (bicyclic) bond motifs is 1. The van der Waals surface area contributed by atoms with Crippen molar-refractivity contribution in [3.8, 4) is 11.5 Å². The molecule has 1 N–H and O–H groups in total. The first-order chi connectivity index (χ1) is 14.1. The normalized spacial score (nSPS) is 13.2. The number of rotatable bonds is 6. The van der Waals surface area contributed by atoms with Crippen LogP contribution in [0.4, 0.5) is 8.78 Å². The molecule has 29 heavy (non-hydrogen) atoms. The third-order valence-electron chi connectivity index (χ3n) is 4.74. The second-order valence-corrected chi connectivity index (χ2v) is 6.90. The Bertz CT molecular complexity index is 1020. The van der Waals surface area contributed by atoms with E-state index in [1.54, 1.807) is 18.2 Å². The minimum atomic E-state index is -0.469. The van der Waals surface area contributed by atoms with Gasteiger partial charge in [0.1, 0.15) is 11.6 Å². The second kappa shape index (κ2) is 8.31. The lowest BCUT2D eigenvalue weighted by atomic mass is 9.98. The topological polar surface area (TPSA) is 47.6 Å². The smallest absolute Gasteiger partial charge is 0.251 e. The van der Waals surface area contributed by atoms with Gasteiger partial charge >= 0.3 is 0 Å². The van der Waals surface area contributed by atoms with Crippen LogP contribution in [0.5, 0.6) is 11.5 Å². The summed E-state index contributed by atoms with van der Waals surface area (Å²) in [7, 11) is 0. The largest absolute Gasteiger partial charge is 0.454 e. The predicted molar refractivity (Wildman–Crippen MR) is 104 cm³/mol. The average molecular weight is 395 g/mol. The highest BCUT2D eigenvalue weighted by Gasteiger charge is 2.19. The monoisotopic (exact) mass is 395 g/mol. The third kappa shape index (κ3) is 4.71. The number of carbonyl (C=O) groups is 1.